The lowest BCUT2D eigenvalue weighted by Gasteiger charge is -2.24. The van der Waals surface area contributed by atoms with Gasteiger partial charge in [-0.25, -0.2) is 14.8 Å². The van der Waals surface area contributed by atoms with Crippen LogP contribution < -0.4 is 48.8 Å². The average Bonchev–Trinajstić information content (AvgIpc) is 3.90. The van der Waals surface area contributed by atoms with Crippen LogP contribution in [0.15, 0.2) is 65.1 Å². The second-order valence-corrected chi connectivity index (χ2v) is 17.6. The Morgan fingerprint density at radius 3 is 2.33 bits per heavy atom. The minimum absolute atomic E-state index is 0.00575. The third kappa shape index (κ3) is 13.9. The van der Waals surface area contributed by atoms with Gasteiger partial charge in [0.1, 0.15) is 18.1 Å². The van der Waals surface area contributed by atoms with E-state index >= 15 is 0 Å². The zero-order chi connectivity index (χ0) is 52.9. The van der Waals surface area contributed by atoms with E-state index in [0.717, 1.165) is 16.2 Å². The molecular formula is C47H57N17O9. The number of rotatable bonds is 23. The van der Waals surface area contributed by atoms with Gasteiger partial charge in [-0.2, -0.15) is 9.97 Å². The number of carboxylic acid groups (broad SMARTS) is 1. The molecule has 0 saturated heterocycles. The number of aliphatic carboxylic acids is 1. The number of amidine groups is 1. The van der Waals surface area contributed by atoms with Crippen LogP contribution in [0.1, 0.15) is 96.8 Å². The summed E-state index contributed by atoms with van der Waals surface area (Å²) in [5, 5.41) is 38.2. The number of amides is 7. The van der Waals surface area contributed by atoms with Gasteiger partial charge in [0.15, 0.2) is 22.8 Å². The van der Waals surface area contributed by atoms with Crippen LogP contribution in [-0.4, -0.2) is 121 Å². The van der Waals surface area contributed by atoms with Crippen LogP contribution >= 0.6 is 0 Å². The first-order valence-electron chi connectivity index (χ1n) is 23.4. The number of hydrogen-bond acceptors (Lipinski definition) is 17. The number of nitrogens with two attached hydrogens (primary N) is 3. The molecule has 0 radical (unpaired) electrons. The summed E-state index contributed by atoms with van der Waals surface area (Å²) in [6, 6.07) is 5.75. The van der Waals surface area contributed by atoms with Gasteiger partial charge in [-0.1, -0.05) is 25.5 Å². The topological polar surface area (TPSA) is 402 Å². The quantitative estimate of drug-likeness (QED) is 0.00951. The zero-order valence-electron chi connectivity index (χ0n) is 40.3. The van der Waals surface area contributed by atoms with Crippen molar-refractivity contribution < 1.29 is 43.5 Å². The van der Waals surface area contributed by atoms with E-state index in [9.17, 15) is 43.5 Å². The Morgan fingerprint density at radius 1 is 0.863 bits per heavy atom. The molecule has 2 aliphatic rings. The maximum Gasteiger partial charge on any atom is 0.326 e. The number of imide groups is 1. The largest absolute Gasteiger partial charge is 0.480 e. The number of hydrogen-bond donors (Lipinski definition) is 10. The molecule has 0 spiro atoms. The Morgan fingerprint density at radius 2 is 1.62 bits per heavy atom. The van der Waals surface area contributed by atoms with E-state index < -0.39 is 53.6 Å². The summed E-state index contributed by atoms with van der Waals surface area (Å²) in [6.45, 7) is 6.14. The zero-order valence-corrected chi connectivity index (χ0v) is 40.3. The van der Waals surface area contributed by atoms with E-state index in [1.54, 1.807) is 38.2 Å². The number of fused-ring (bicyclic) bond motifs is 2. The highest BCUT2D eigenvalue weighted by Gasteiger charge is 2.29. The maximum absolute atomic E-state index is 13.4. The fraction of sp³-hybridized carbons (Fsp3) is 0.383. The van der Waals surface area contributed by atoms with Gasteiger partial charge in [0, 0.05) is 60.7 Å². The molecule has 384 valence electrons. The fourth-order valence-electron chi connectivity index (χ4n) is 8.04. The van der Waals surface area contributed by atoms with Crippen LogP contribution in [0.2, 0.25) is 0 Å². The average molecular weight is 1000 g/mol. The van der Waals surface area contributed by atoms with Crippen molar-refractivity contribution in [2.75, 3.05) is 41.3 Å². The molecule has 6 rings (SSSR count). The van der Waals surface area contributed by atoms with Crippen molar-refractivity contribution in [2.24, 2.45) is 22.1 Å². The Balaban J connectivity index is 0.969. The predicted octanol–water partition coefficient (Wildman–Crippen LogP) is 1.26. The fourth-order valence-corrected chi connectivity index (χ4v) is 8.04. The lowest BCUT2D eigenvalue weighted by Crippen LogP contribution is -2.53. The van der Waals surface area contributed by atoms with E-state index in [1.807, 2.05) is 0 Å². The lowest BCUT2D eigenvalue weighted by molar-refractivity contribution is -0.139. The molecule has 26 nitrogen and oxygen atoms in total. The van der Waals surface area contributed by atoms with Gasteiger partial charge in [0.25, 0.3) is 23.6 Å². The highest BCUT2D eigenvalue weighted by Crippen LogP contribution is 2.30. The van der Waals surface area contributed by atoms with Crippen molar-refractivity contribution >= 4 is 87.5 Å². The highest BCUT2D eigenvalue weighted by molar-refractivity contribution is 6.13. The summed E-state index contributed by atoms with van der Waals surface area (Å²) in [5.41, 5.74) is 14.9. The van der Waals surface area contributed by atoms with Crippen molar-refractivity contribution in [3.05, 3.63) is 82.7 Å². The summed E-state index contributed by atoms with van der Waals surface area (Å²) >= 11 is 0. The Hall–Kier alpha value is -8.97. The van der Waals surface area contributed by atoms with Crippen molar-refractivity contribution in [3.63, 3.8) is 0 Å². The van der Waals surface area contributed by atoms with Crippen molar-refractivity contribution in [3.8, 4) is 0 Å². The molecule has 0 fully saturated rings. The Labute approximate surface area is 417 Å². The molecule has 2 aliphatic heterocycles. The second-order valence-electron chi connectivity index (χ2n) is 17.6. The van der Waals surface area contributed by atoms with Gasteiger partial charge >= 0.3 is 5.97 Å². The lowest BCUT2D eigenvalue weighted by atomic mass is 10.0. The van der Waals surface area contributed by atoms with Gasteiger partial charge in [-0.15, -0.1) is 5.11 Å². The monoisotopic (exact) mass is 1000 g/mol. The van der Waals surface area contributed by atoms with Gasteiger partial charge in [0.05, 0.1) is 24.0 Å². The minimum atomic E-state index is -1.29. The van der Waals surface area contributed by atoms with Crippen molar-refractivity contribution in [2.45, 2.75) is 90.4 Å². The molecular weight excluding hydrogens is 947 g/mol. The van der Waals surface area contributed by atoms with E-state index in [0.29, 0.717) is 50.0 Å². The number of carboxylic acids is 1. The number of nitrogens with zero attached hydrogens (tertiary/aromatic N) is 8. The SMILES string of the molecule is CC(C)[C@H](NC(=O)CCCCCN1C(=O)C=CC1=O)C(=O)N[C@@H](C)C(=O)Nc1ccc(C(=O)NCCC[C@H](NC(=O)c2ccc3c(c2)CCN3Cc2cnc3nc(N)nc(N)c3n2)C(=O)O)c(C(=N)/N=N\N)c1. The first-order valence-corrected chi connectivity index (χ1v) is 23.4. The molecule has 13 N–H and O–H groups in total. The van der Waals surface area contributed by atoms with Crippen LogP contribution in [0.4, 0.5) is 23.1 Å². The number of carbonyl (C=O) groups is 8. The van der Waals surface area contributed by atoms with Gasteiger partial charge < -0.3 is 53.9 Å². The summed E-state index contributed by atoms with van der Waals surface area (Å²) in [4.78, 5) is 122. The molecule has 26 heteroatoms. The number of aromatic nitrogens is 4. The first kappa shape index (κ1) is 53.4. The van der Waals surface area contributed by atoms with E-state index in [4.69, 9.17) is 22.7 Å². The van der Waals surface area contributed by atoms with E-state index in [-0.39, 0.29) is 95.8 Å². The molecule has 7 amide bonds. The molecule has 2 aromatic carbocycles. The summed E-state index contributed by atoms with van der Waals surface area (Å²) in [6.07, 6.45) is 6.35. The molecule has 4 aromatic rings. The summed E-state index contributed by atoms with van der Waals surface area (Å²) in [7, 11) is 0. The number of nitrogens with one attached hydrogen (secondary N) is 6. The molecule has 3 atom stereocenters. The predicted molar refractivity (Wildman–Crippen MR) is 265 cm³/mol. The van der Waals surface area contributed by atoms with Gasteiger partial charge in [0.2, 0.25) is 23.7 Å². The minimum Gasteiger partial charge on any atom is -0.480 e. The van der Waals surface area contributed by atoms with Crippen LogP contribution in [0.5, 0.6) is 0 Å². The van der Waals surface area contributed by atoms with E-state index in [2.05, 4.69) is 61.8 Å². The molecule has 0 unspecified atom stereocenters. The Kier molecular flexibility index (Phi) is 17.7. The number of nitrogen functional groups attached to an aromatic ring is 2. The standard InChI is InChI=1S/C47H57N17O9/c1-24(2)37(58-34(65)9-5-4-6-18-64-35(66)14-15-36(64)67)45(71)54-25(3)42(68)56-28-11-12-30(31(21-28)39(48)61-62-51)44(70)52-17-7-8-32(46(72)73)57-43(69)27-10-13-33-26(20-27)16-19-63(33)23-29-22-53-41-38(55-29)40(49)59-47(50)60-41/h10-15,20-22,24-25,32,37H,4-9,16-19,23H2,1-3H3,(H,52,70)(H,54,71)(H,56,68)(H,57,69)(H,58,65)(H,72,73)(H3,48,51,61)(H4,49,50,53,59,60)/t25-,32-,37-/m0/s1. The third-order valence-corrected chi connectivity index (χ3v) is 11.9. The number of unbranched alkanes of at least 4 members (excludes halogenated alkanes) is 2. The molecule has 0 saturated carbocycles. The summed E-state index contributed by atoms with van der Waals surface area (Å²) < 4.78 is 0. The Bertz CT molecular complexity index is 2870. The first-order chi connectivity index (χ1) is 34.8. The smallest absolute Gasteiger partial charge is 0.326 e. The van der Waals surface area contributed by atoms with Crippen LogP contribution in [-0.2, 0) is 41.7 Å². The van der Waals surface area contributed by atoms with E-state index in [1.165, 1.54) is 37.3 Å². The van der Waals surface area contributed by atoms with Crippen molar-refractivity contribution in [1.82, 2.24) is 46.1 Å². The number of carbonyl (C=O) groups excluding carboxylic acids is 7. The van der Waals surface area contributed by atoms with Crippen molar-refractivity contribution in [1.29, 1.82) is 5.41 Å². The number of benzene rings is 2. The molecule has 0 bridgehead atoms. The highest BCUT2D eigenvalue weighted by atomic mass is 16.4. The summed E-state index contributed by atoms with van der Waals surface area (Å²) in [5.74, 6) is -0.474. The second kappa shape index (κ2) is 24.2. The van der Waals surface area contributed by atoms with Crippen LogP contribution in [0, 0.1) is 11.3 Å². The van der Waals surface area contributed by atoms with Gasteiger partial charge in [-0.05, 0) is 86.9 Å². The van der Waals surface area contributed by atoms with Crippen LogP contribution in [0.25, 0.3) is 11.2 Å². The third-order valence-electron chi connectivity index (χ3n) is 11.9. The molecule has 4 heterocycles. The van der Waals surface area contributed by atoms with Gasteiger partial charge in [-0.3, -0.25) is 43.9 Å². The van der Waals surface area contributed by atoms with Crippen LogP contribution in [0.3, 0.4) is 0 Å². The molecule has 0 aliphatic carbocycles. The maximum atomic E-state index is 13.4. The normalized spacial score (nSPS) is 14.2. The number of anilines is 4. The molecule has 73 heavy (non-hydrogen) atoms. The molecule has 2 aromatic heterocycles.